The molecular formula is C30H28Cl2N2O3S. The summed E-state index contributed by atoms with van der Waals surface area (Å²) in [6.07, 6.45) is 0.739. The van der Waals surface area contributed by atoms with E-state index >= 15 is 0 Å². The zero-order valence-electron chi connectivity index (χ0n) is 21.1. The lowest BCUT2D eigenvalue weighted by atomic mass is 9.67. The van der Waals surface area contributed by atoms with Crippen LogP contribution >= 0.6 is 34.5 Å². The van der Waals surface area contributed by atoms with Gasteiger partial charge in [-0.05, 0) is 60.4 Å². The van der Waals surface area contributed by atoms with Crippen LogP contribution in [-0.4, -0.2) is 26.9 Å². The number of hydrogen-bond donors (Lipinski definition) is 1. The number of amides is 1. The van der Waals surface area contributed by atoms with E-state index in [0.717, 1.165) is 26.4 Å². The SMILES string of the molecule is CC[C@H](c1nc2ccccc2s1)N1C(=O)[C@](C)(CC(=O)O)C[C@H](c2cccc(Cl)c2)[C@H]1c1ccc(Cl)cc1. The number of para-hydroxylation sites is 1. The highest BCUT2D eigenvalue weighted by Gasteiger charge is 2.52. The van der Waals surface area contributed by atoms with Gasteiger partial charge in [-0.3, -0.25) is 9.59 Å². The number of likely N-dealkylation sites (tertiary alicyclic amines) is 1. The number of halogens is 2. The first-order chi connectivity index (χ1) is 18.2. The van der Waals surface area contributed by atoms with E-state index in [-0.39, 0.29) is 30.3 Å². The van der Waals surface area contributed by atoms with Crippen LogP contribution in [0.15, 0.2) is 72.8 Å². The highest BCUT2D eigenvalue weighted by Crippen LogP contribution is 2.54. The molecule has 0 saturated carbocycles. The highest BCUT2D eigenvalue weighted by molar-refractivity contribution is 7.18. The molecule has 196 valence electrons. The van der Waals surface area contributed by atoms with Crippen molar-refractivity contribution in [3.8, 4) is 0 Å². The van der Waals surface area contributed by atoms with Crippen LogP contribution in [0.1, 0.15) is 67.2 Å². The molecule has 0 radical (unpaired) electrons. The van der Waals surface area contributed by atoms with Gasteiger partial charge in [-0.25, -0.2) is 4.98 Å². The lowest BCUT2D eigenvalue weighted by Crippen LogP contribution is -2.53. The number of piperidine rings is 1. The molecule has 4 aromatic rings. The number of aliphatic carboxylic acids is 1. The minimum atomic E-state index is -1.11. The number of carboxylic acids is 1. The fourth-order valence-electron chi connectivity index (χ4n) is 5.75. The number of nitrogens with zero attached hydrogens (tertiary/aromatic N) is 2. The Morgan fingerprint density at radius 2 is 1.82 bits per heavy atom. The van der Waals surface area contributed by atoms with Crippen LogP contribution in [0, 0.1) is 5.41 Å². The number of benzene rings is 3. The second-order valence-corrected chi connectivity index (χ2v) is 12.1. The van der Waals surface area contributed by atoms with Gasteiger partial charge in [0, 0.05) is 16.0 Å². The second-order valence-electron chi connectivity index (χ2n) is 10.1. The van der Waals surface area contributed by atoms with Gasteiger partial charge in [0.15, 0.2) is 0 Å². The van der Waals surface area contributed by atoms with Gasteiger partial charge in [0.2, 0.25) is 5.91 Å². The standard InChI is InChI=1S/C30H28Cl2N2O3S/c1-3-24(28-33-23-9-4-5-10-25(23)38-28)34-27(18-11-13-20(31)14-12-18)22(19-7-6-8-21(32)15-19)16-30(2,29(34)37)17-26(35)36/h4-15,22,24,27H,3,16-17H2,1-2H3,(H,35,36)/t22-,24-,27-,30+/m1/s1. The van der Waals surface area contributed by atoms with Crippen molar-refractivity contribution in [2.24, 2.45) is 5.41 Å². The third-order valence-corrected chi connectivity index (χ3v) is 9.07. The van der Waals surface area contributed by atoms with Gasteiger partial charge < -0.3 is 10.0 Å². The Morgan fingerprint density at radius 3 is 2.47 bits per heavy atom. The van der Waals surface area contributed by atoms with E-state index in [1.165, 1.54) is 0 Å². The Morgan fingerprint density at radius 1 is 1.08 bits per heavy atom. The maximum Gasteiger partial charge on any atom is 0.304 e. The van der Waals surface area contributed by atoms with Crippen molar-refractivity contribution in [3.63, 3.8) is 0 Å². The number of aromatic nitrogens is 1. The van der Waals surface area contributed by atoms with Crippen molar-refractivity contribution in [2.75, 3.05) is 0 Å². The second kappa shape index (κ2) is 10.7. The first-order valence-corrected chi connectivity index (χ1v) is 14.2. The molecule has 5 rings (SSSR count). The van der Waals surface area contributed by atoms with E-state index in [2.05, 4.69) is 0 Å². The van der Waals surface area contributed by atoms with Gasteiger partial charge in [-0.2, -0.15) is 0 Å². The summed E-state index contributed by atoms with van der Waals surface area (Å²) >= 11 is 14.3. The molecule has 4 atom stereocenters. The molecular weight excluding hydrogens is 539 g/mol. The number of rotatable bonds is 7. The predicted molar refractivity (Wildman–Crippen MR) is 153 cm³/mol. The summed E-state index contributed by atoms with van der Waals surface area (Å²) in [5.41, 5.74) is 1.68. The van der Waals surface area contributed by atoms with Crippen molar-refractivity contribution in [1.29, 1.82) is 0 Å². The van der Waals surface area contributed by atoms with Crippen LogP contribution in [0.25, 0.3) is 10.2 Å². The van der Waals surface area contributed by atoms with Gasteiger partial charge >= 0.3 is 5.97 Å². The summed E-state index contributed by atoms with van der Waals surface area (Å²) in [6.45, 7) is 3.82. The summed E-state index contributed by atoms with van der Waals surface area (Å²) in [5.74, 6) is -1.37. The van der Waals surface area contributed by atoms with Gasteiger partial charge in [0.05, 0.1) is 34.1 Å². The topological polar surface area (TPSA) is 70.5 Å². The Labute approximate surface area is 236 Å². The Hall–Kier alpha value is -2.93. The predicted octanol–water partition coefficient (Wildman–Crippen LogP) is 8.29. The number of carbonyl (C=O) groups excluding carboxylic acids is 1. The van der Waals surface area contributed by atoms with E-state index in [0.29, 0.717) is 22.9 Å². The first kappa shape index (κ1) is 26.7. The molecule has 1 aliphatic heterocycles. The number of thiazole rings is 1. The monoisotopic (exact) mass is 566 g/mol. The van der Waals surface area contributed by atoms with Crippen molar-refractivity contribution < 1.29 is 14.7 Å². The number of fused-ring (bicyclic) bond motifs is 1. The normalized spacial score (nSPS) is 22.5. The minimum Gasteiger partial charge on any atom is -0.481 e. The van der Waals surface area contributed by atoms with Crippen molar-refractivity contribution >= 4 is 56.6 Å². The fourth-order valence-corrected chi connectivity index (χ4v) is 7.22. The van der Waals surface area contributed by atoms with Crippen molar-refractivity contribution in [3.05, 3.63) is 99.0 Å². The maximum absolute atomic E-state index is 14.5. The average Bonchev–Trinajstić information content (AvgIpc) is 3.31. The van der Waals surface area contributed by atoms with Crippen LogP contribution in [0.2, 0.25) is 10.0 Å². The summed E-state index contributed by atoms with van der Waals surface area (Å²) in [4.78, 5) is 33.3. The molecule has 0 spiro atoms. The van der Waals surface area contributed by atoms with E-state index in [1.807, 2.05) is 84.6 Å². The lowest BCUT2D eigenvalue weighted by molar-refractivity contribution is -0.160. The summed E-state index contributed by atoms with van der Waals surface area (Å²) in [6, 6.07) is 22.4. The van der Waals surface area contributed by atoms with Gasteiger partial charge in [0.25, 0.3) is 0 Å². The Balaban J connectivity index is 1.73. The van der Waals surface area contributed by atoms with Crippen LogP contribution in [-0.2, 0) is 9.59 Å². The number of hydrogen-bond acceptors (Lipinski definition) is 4. The zero-order valence-corrected chi connectivity index (χ0v) is 23.4. The molecule has 1 N–H and O–H groups in total. The molecule has 5 nitrogen and oxygen atoms in total. The number of carbonyl (C=O) groups is 2. The molecule has 0 aliphatic carbocycles. The molecule has 1 aliphatic rings. The summed E-state index contributed by atoms with van der Waals surface area (Å²) < 4.78 is 1.05. The largest absolute Gasteiger partial charge is 0.481 e. The number of carboxylic acid groups (broad SMARTS) is 1. The van der Waals surface area contributed by atoms with Gasteiger partial charge in [-0.15, -0.1) is 11.3 Å². The van der Waals surface area contributed by atoms with Crippen LogP contribution in [0.3, 0.4) is 0 Å². The van der Waals surface area contributed by atoms with Gasteiger partial charge in [0.1, 0.15) is 5.01 Å². The molecule has 1 saturated heterocycles. The molecule has 3 aromatic carbocycles. The van der Waals surface area contributed by atoms with Crippen LogP contribution in [0.4, 0.5) is 0 Å². The Kier molecular flexibility index (Phi) is 7.49. The molecule has 8 heteroatoms. The molecule has 2 heterocycles. The van der Waals surface area contributed by atoms with Crippen molar-refractivity contribution in [2.45, 2.75) is 51.1 Å². The van der Waals surface area contributed by atoms with Gasteiger partial charge in [-0.1, -0.05) is 73.4 Å². The minimum absolute atomic E-state index is 0.177. The fraction of sp³-hybridized carbons (Fsp3) is 0.300. The zero-order chi connectivity index (χ0) is 27.0. The first-order valence-electron chi connectivity index (χ1n) is 12.6. The molecule has 1 fully saturated rings. The lowest BCUT2D eigenvalue weighted by Gasteiger charge is -2.51. The maximum atomic E-state index is 14.5. The van der Waals surface area contributed by atoms with E-state index < -0.39 is 11.4 Å². The molecule has 38 heavy (non-hydrogen) atoms. The van der Waals surface area contributed by atoms with E-state index in [1.54, 1.807) is 18.3 Å². The quantitative estimate of drug-likeness (QED) is 0.244. The molecule has 1 aromatic heterocycles. The van der Waals surface area contributed by atoms with Crippen LogP contribution < -0.4 is 0 Å². The molecule has 0 unspecified atom stereocenters. The van der Waals surface area contributed by atoms with E-state index in [4.69, 9.17) is 28.2 Å². The van der Waals surface area contributed by atoms with Crippen molar-refractivity contribution in [1.82, 2.24) is 9.88 Å². The molecule has 1 amide bonds. The Bertz CT molecular complexity index is 1460. The third-order valence-electron chi connectivity index (χ3n) is 7.45. The highest BCUT2D eigenvalue weighted by atomic mass is 35.5. The summed E-state index contributed by atoms with van der Waals surface area (Å²) in [5, 5.41) is 11.9. The molecule has 0 bridgehead atoms. The third kappa shape index (κ3) is 5.05. The average molecular weight is 568 g/mol. The van der Waals surface area contributed by atoms with Crippen LogP contribution in [0.5, 0.6) is 0 Å². The summed E-state index contributed by atoms with van der Waals surface area (Å²) in [7, 11) is 0. The van der Waals surface area contributed by atoms with E-state index in [9.17, 15) is 14.7 Å². The smallest absolute Gasteiger partial charge is 0.304 e.